The number of fused-ring (bicyclic) bond motifs is 1. The third-order valence-electron chi connectivity index (χ3n) is 5.26. The van der Waals surface area contributed by atoms with Crippen LogP contribution in [0.1, 0.15) is 18.9 Å². The van der Waals surface area contributed by atoms with Crippen molar-refractivity contribution >= 4 is 44.4 Å². The second kappa shape index (κ2) is 8.84. The summed E-state index contributed by atoms with van der Waals surface area (Å²) in [6, 6.07) is 16.0. The van der Waals surface area contributed by atoms with Gasteiger partial charge in [0.05, 0.1) is 10.6 Å². The average molecular weight is 474 g/mol. The van der Waals surface area contributed by atoms with Crippen molar-refractivity contribution in [1.29, 1.82) is 0 Å². The van der Waals surface area contributed by atoms with Crippen LogP contribution in [0.5, 0.6) is 0 Å². The van der Waals surface area contributed by atoms with Crippen LogP contribution in [-0.2, 0) is 16.4 Å². The van der Waals surface area contributed by atoms with E-state index < -0.39 is 10.0 Å². The van der Waals surface area contributed by atoms with Crippen LogP contribution in [0.3, 0.4) is 0 Å². The summed E-state index contributed by atoms with van der Waals surface area (Å²) < 4.78 is 55.1. The minimum Gasteiger partial charge on any atom is -0.332 e. The highest BCUT2D eigenvalue weighted by Gasteiger charge is 2.33. The lowest BCUT2D eigenvalue weighted by molar-refractivity contribution is 0.560. The second-order valence-corrected chi connectivity index (χ2v) is 9.80. The van der Waals surface area contributed by atoms with Crippen LogP contribution in [0.4, 0.5) is 25.8 Å². The Hall–Kier alpha value is -3.04. The van der Waals surface area contributed by atoms with E-state index in [1.807, 2.05) is 6.92 Å². The van der Waals surface area contributed by atoms with Crippen molar-refractivity contribution in [2.75, 3.05) is 14.9 Å². The summed E-state index contributed by atoms with van der Waals surface area (Å²) in [7, 11) is -3.84. The highest BCUT2D eigenvalue weighted by atomic mass is 32.2. The number of nitrogens with one attached hydrogen (secondary N) is 2. The van der Waals surface area contributed by atoms with Crippen LogP contribution < -0.4 is 14.9 Å². The van der Waals surface area contributed by atoms with Crippen LogP contribution >= 0.6 is 12.2 Å². The molecule has 3 aromatic rings. The summed E-state index contributed by atoms with van der Waals surface area (Å²) in [6.07, 6.45) is 1.23. The highest BCUT2D eigenvalue weighted by Crippen LogP contribution is 2.35. The molecular formula is C23H21F2N3O2S2. The largest absolute Gasteiger partial charge is 0.332 e. The van der Waals surface area contributed by atoms with Gasteiger partial charge in [-0.2, -0.15) is 0 Å². The number of sulfonamides is 1. The van der Waals surface area contributed by atoms with E-state index in [0.29, 0.717) is 35.5 Å². The molecule has 3 aromatic carbocycles. The van der Waals surface area contributed by atoms with E-state index in [0.717, 1.165) is 0 Å². The van der Waals surface area contributed by atoms with Gasteiger partial charge in [0.2, 0.25) is 0 Å². The first-order valence-corrected chi connectivity index (χ1v) is 11.9. The first-order chi connectivity index (χ1) is 15.2. The molecule has 0 aromatic heterocycles. The maximum Gasteiger partial charge on any atom is 0.264 e. The first kappa shape index (κ1) is 22.2. The molecule has 0 saturated carbocycles. The van der Waals surface area contributed by atoms with Gasteiger partial charge >= 0.3 is 0 Å². The topological polar surface area (TPSA) is 61.4 Å². The summed E-state index contributed by atoms with van der Waals surface area (Å²) in [5.74, 6) is -0.766. The molecule has 0 radical (unpaired) electrons. The Labute approximate surface area is 191 Å². The van der Waals surface area contributed by atoms with Gasteiger partial charge in [-0.25, -0.2) is 17.2 Å². The van der Waals surface area contributed by atoms with Crippen LogP contribution in [0.25, 0.3) is 0 Å². The van der Waals surface area contributed by atoms with Gasteiger partial charge in [0.15, 0.2) is 5.11 Å². The molecule has 0 amide bonds. The van der Waals surface area contributed by atoms with E-state index in [4.69, 9.17) is 12.2 Å². The lowest BCUT2D eigenvalue weighted by Crippen LogP contribution is -2.42. The molecule has 2 N–H and O–H groups in total. The fourth-order valence-corrected chi connectivity index (χ4v) is 5.70. The van der Waals surface area contributed by atoms with Crippen molar-refractivity contribution in [3.63, 3.8) is 0 Å². The molecule has 5 nitrogen and oxygen atoms in total. The quantitative estimate of drug-likeness (QED) is 0.504. The van der Waals surface area contributed by atoms with E-state index in [1.165, 1.54) is 46.8 Å². The van der Waals surface area contributed by atoms with Crippen molar-refractivity contribution < 1.29 is 17.2 Å². The van der Waals surface area contributed by atoms with E-state index in [9.17, 15) is 17.2 Å². The Morgan fingerprint density at radius 1 is 0.969 bits per heavy atom. The normalized spacial score (nSPS) is 15.7. The Bertz CT molecular complexity index is 1260. The third-order valence-corrected chi connectivity index (χ3v) is 7.41. The average Bonchev–Trinajstić information content (AvgIpc) is 2.74. The number of hydrogen-bond acceptors (Lipinski definition) is 3. The highest BCUT2D eigenvalue weighted by molar-refractivity contribution is 7.92. The lowest BCUT2D eigenvalue weighted by atomic mass is 9.99. The summed E-state index contributed by atoms with van der Waals surface area (Å²) >= 11 is 5.24. The number of aryl methyl sites for hydroxylation is 1. The van der Waals surface area contributed by atoms with Gasteiger partial charge < -0.3 is 10.6 Å². The molecule has 1 aliphatic heterocycles. The SMILES string of the molecule is CC1CCc2cc(F)ccc2N1S(=O)(=O)c1ccc(NC(=S)Nc2cccc(F)c2)cc1. The summed E-state index contributed by atoms with van der Waals surface area (Å²) in [6.45, 7) is 1.84. The molecular weight excluding hydrogens is 452 g/mol. The molecule has 4 rings (SSSR count). The van der Waals surface area contributed by atoms with Crippen molar-refractivity contribution in [2.45, 2.75) is 30.7 Å². The number of anilines is 3. The number of rotatable bonds is 4. The number of hydrogen-bond donors (Lipinski definition) is 2. The minimum atomic E-state index is -3.84. The van der Waals surface area contributed by atoms with Crippen molar-refractivity contribution in [1.82, 2.24) is 0 Å². The second-order valence-electron chi connectivity index (χ2n) is 7.58. The summed E-state index contributed by atoms with van der Waals surface area (Å²) in [4.78, 5) is 0.121. The van der Waals surface area contributed by atoms with Crippen molar-refractivity contribution in [3.8, 4) is 0 Å². The van der Waals surface area contributed by atoms with Gasteiger partial charge in [0.25, 0.3) is 10.0 Å². The molecule has 0 spiro atoms. The monoisotopic (exact) mass is 473 g/mol. The number of nitrogens with zero attached hydrogens (tertiary/aromatic N) is 1. The zero-order valence-electron chi connectivity index (χ0n) is 17.2. The van der Waals surface area contributed by atoms with Crippen LogP contribution in [0.15, 0.2) is 71.6 Å². The molecule has 1 heterocycles. The van der Waals surface area contributed by atoms with E-state index in [1.54, 1.807) is 24.3 Å². The lowest BCUT2D eigenvalue weighted by Gasteiger charge is -2.36. The van der Waals surface area contributed by atoms with Crippen molar-refractivity contribution in [3.05, 3.63) is 83.9 Å². The van der Waals surface area contributed by atoms with Gasteiger partial charge in [-0.1, -0.05) is 6.07 Å². The standard InChI is InChI=1S/C23H21F2N3O2S2/c1-15-5-6-16-13-18(25)7-12-22(16)28(15)32(29,30)21-10-8-19(9-11-21)26-23(31)27-20-4-2-3-17(24)14-20/h2-4,7-15H,5-6H2,1H3,(H2,26,27,31). The Morgan fingerprint density at radius 2 is 1.66 bits per heavy atom. The predicted molar refractivity (Wildman–Crippen MR) is 127 cm³/mol. The molecule has 166 valence electrons. The number of benzene rings is 3. The van der Waals surface area contributed by atoms with E-state index in [-0.39, 0.29) is 27.7 Å². The molecule has 1 unspecified atom stereocenters. The number of halogens is 2. The Balaban J connectivity index is 1.53. The van der Waals surface area contributed by atoms with E-state index >= 15 is 0 Å². The Kier molecular flexibility index (Phi) is 6.12. The molecule has 0 saturated heterocycles. The smallest absolute Gasteiger partial charge is 0.264 e. The molecule has 0 aliphatic carbocycles. The fourth-order valence-electron chi connectivity index (χ4n) is 3.74. The van der Waals surface area contributed by atoms with Gasteiger partial charge in [-0.15, -0.1) is 0 Å². The third kappa shape index (κ3) is 4.58. The molecule has 32 heavy (non-hydrogen) atoms. The van der Waals surface area contributed by atoms with Crippen LogP contribution in [0, 0.1) is 11.6 Å². The zero-order chi connectivity index (χ0) is 22.9. The van der Waals surface area contributed by atoms with Crippen LogP contribution in [0.2, 0.25) is 0 Å². The predicted octanol–water partition coefficient (Wildman–Crippen LogP) is 5.30. The Morgan fingerprint density at radius 3 is 2.38 bits per heavy atom. The van der Waals surface area contributed by atoms with Gasteiger partial charge in [0.1, 0.15) is 11.6 Å². The molecule has 1 aliphatic rings. The van der Waals surface area contributed by atoms with Gasteiger partial charge in [-0.3, -0.25) is 4.31 Å². The molecule has 1 atom stereocenters. The maximum atomic E-state index is 13.6. The first-order valence-electron chi connectivity index (χ1n) is 10.0. The van der Waals surface area contributed by atoms with Crippen LogP contribution in [-0.4, -0.2) is 19.6 Å². The summed E-state index contributed by atoms with van der Waals surface area (Å²) in [5.41, 5.74) is 2.26. The van der Waals surface area contributed by atoms with Crippen molar-refractivity contribution in [2.24, 2.45) is 0 Å². The van der Waals surface area contributed by atoms with E-state index in [2.05, 4.69) is 10.6 Å². The number of thiocarbonyl (C=S) groups is 1. The van der Waals surface area contributed by atoms with Gasteiger partial charge in [0, 0.05) is 17.4 Å². The minimum absolute atomic E-state index is 0.121. The molecule has 0 fully saturated rings. The summed E-state index contributed by atoms with van der Waals surface area (Å²) in [5, 5.41) is 6.06. The maximum absolute atomic E-state index is 13.6. The molecule has 9 heteroatoms. The molecule has 0 bridgehead atoms. The fraction of sp³-hybridized carbons (Fsp3) is 0.174. The zero-order valence-corrected chi connectivity index (χ0v) is 18.8. The van der Waals surface area contributed by atoms with Gasteiger partial charge in [-0.05, 0) is 98.2 Å².